The van der Waals surface area contributed by atoms with Gasteiger partial charge in [-0.15, -0.1) is 0 Å². The minimum atomic E-state index is -0.721. The van der Waals surface area contributed by atoms with E-state index in [0.717, 1.165) is 11.1 Å². The summed E-state index contributed by atoms with van der Waals surface area (Å²) < 4.78 is 15.7. The molecule has 164 valence electrons. The average molecular weight is 425 g/mol. The summed E-state index contributed by atoms with van der Waals surface area (Å²) in [6.07, 6.45) is 0.567. The molecule has 0 spiro atoms. The Morgan fingerprint density at radius 2 is 1.81 bits per heavy atom. The molecule has 1 heterocycles. The van der Waals surface area contributed by atoms with E-state index < -0.39 is 17.7 Å². The van der Waals surface area contributed by atoms with Crippen molar-refractivity contribution in [3.63, 3.8) is 0 Å². The molecular weight excluding hydrogens is 398 g/mol. The third kappa shape index (κ3) is 4.27. The molecule has 3 rings (SSSR count). The molecule has 0 aliphatic carbocycles. The number of benzene rings is 2. The number of ether oxygens (including phenoxy) is 3. The normalized spacial score (nSPS) is 17.8. The molecule has 31 heavy (non-hydrogen) atoms. The van der Waals surface area contributed by atoms with Crippen LogP contribution < -0.4 is 9.47 Å². The number of aliphatic hydroxyl groups excluding tert-OH is 1. The molecule has 7 nitrogen and oxygen atoms in total. The Balaban J connectivity index is 2.19. The summed E-state index contributed by atoms with van der Waals surface area (Å²) in [4.78, 5) is 27.5. The largest absolute Gasteiger partial charge is 0.507 e. The third-order valence-corrected chi connectivity index (χ3v) is 5.43. The maximum Gasteiger partial charge on any atom is 0.295 e. The van der Waals surface area contributed by atoms with Gasteiger partial charge in [-0.25, -0.2) is 0 Å². The van der Waals surface area contributed by atoms with Gasteiger partial charge in [0.1, 0.15) is 17.3 Å². The SMILES string of the molecule is COCCCN1C(=O)C(=O)/C(=C(/O)c2ccc(OC)cc2OC)C1c1ccccc1C. The highest BCUT2D eigenvalue weighted by atomic mass is 16.5. The van der Waals surface area contributed by atoms with Gasteiger partial charge in [0.25, 0.3) is 11.7 Å². The lowest BCUT2D eigenvalue weighted by Crippen LogP contribution is -2.31. The zero-order chi connectivity index (χ0) is 22.5. The van der Waals surface area contributed by atoms with Gasteiger partial charge in [-0.05, 0) is 36.6 Å². The van der Waals surface area contributed by atoms with Gasteiger partial charge in [0.2, 0.25) is 0 Å². The molecule has 1 aliphatic rings. The number of hydrogen-bond donors (Lipinski definition) is 1. The van der Waals surface area contributed by atoms with Crippen molar-refractivity contribution in [2.75, 3.05) is 34.5 Å². The number of aryl methyl sites for hydroxylation is 1. The maximum atomic E-state index is 13.1. The zero-order valence-corrected chi connectivity index (χ0v) is 18.2. The lowest BCUT2D eigenvalue weighted by Gasteiger charge is -2.26. The first-order valence-electron chi connectivity index (χ1n) is 9.99. The molecule has 1 amide bonds. The molecule has 0 radical (unpaired) electrons. The number of hydrogen-bond acceptors (Lipinski definition) is 6. The summed E-state index contributed by atoms with van der Waals surface area (Å²) in [6.45, 7) is 2.70. The van der Waals surface area contributed by atoms with Crippen molar-refractivity contribution in [2.45, 2.75) is 19.4 Å². The van der Waals surface area contributed by atoms with E-state index in [2.05, 4.69) is 0 Å². The Morgan fingerprint density at radius 3 is 2.45 bits per heavy atom. The number of carbonyl (C=O) groups is 2. The molecule has 7 heteroatoms. The van der Waals surface area contributed by atoms with Crippen LogP contribution in [0.4, 0.5) is 0 Å². The van der Waals surface area contributed by atoms with E-state index in [1.807, 2.05) is 31.2 Å². The highest BCUT2D eigenvalue weighted by Crippen LogP contribution is 2.42. The quantitative estimate of drug-likeness (QED) is 0.302. The number of amides is 1. The molecule has 1 atom stereocenters. The third-order valence-electron chi connectivity index (χ3n) is 5.43. The van der Waals surface area contributed by atoms with Crippen molar-refractivity contribution in [1.82, 2.24) is 4.90 Å². The average Bonchev–Trinajstić information content (AvgIpc) is 3.03. The van der Waals surface area contributed by atoms with Gasteiger partial charge in [0.05, 0.1) is 31.4 Å². The van der Waals surface area contributed by atoms with Crippen molar-refractivity contribution in [1.29, 1.82) is 0 Å². The molecule has 2 aromatic rings. The van der Waals surface area contributed by atoms with Gasteiger partial charge in [-0.2, -0.15) is 0 Å². The van der Waals surface area contributed by atoms with Crippen molar-refractivity contribution in [3.8, 4) is 11.5 Å². The summed E-state index contributed by atoms with van der Waals surface area (Å²) in [5.41, 5.74) is 2.06. The van der Waals surface area contributed by atoms with Gasteiger partial charge in [0.15, 0.2) is 0 Å². The van der Waals surface area contributed by atoms with Crippen LogP contribution in [-0.4, -0.2) is 56.2 Å². The first-order chi connectivity index (χ1) is 14.9. The second-order valence-corrected chi connectivity index (χ2v) is 7.26. The highest BCUT2D eigenvalue weighted by molar-refractivity contribution is 6.46. The summed E-state index contributed by atoms with van der Waals surface area (Å²) in [5, 5.41) is 11.2. The summed E-state index contributed by atoms with van der Waals surface area (Å²) in [5.74, 6) is -0.755. The second-order valence-electron chi connectivity index (χ2n) is 7.26. The second kappa shape index (κ2) is 9.66. The summed E-state index contributed by atoms with van der Waals surface area (Å²) in [6, 6.07) is 11.7. The van der Waals surface area contributed by atoms with Crippen LogP contribution in [0.15, 0.2) is 48.0 Å². The number of ketones is 1. The standard InChI is InChI=1S/C24H27NO6/c1-15-8-5-6-9-17(15)21-20(23(27)24(28)25(21)12-7-13-29-2)22(26)18-11-10-16(30-3)14-19(18)31-4/h5-6,8-11,14,21,26H,7,12-13H2,1-4H3/b22-20+. The van der Waals surface area contributed by atoms with E-state index in [-0.39, 0.29) is 11.3 Å². The van der Waals surface area contributed by atoms with Crippen molar-refractivity contribution < 1.29 is 28.9 Å². The maximum absolute atomic E-state index is 13.1. The van der Waals surface area contributed by atoms with Crippen LogP contribution in [-0.2, 0) is 14.3 Å². The first kappa shape index (κ1) is 22.4. The van der Waals surface area contributed by atoms with E-state index in [4.69, 9.17) is 14.2 Å². The topological polar surface area (TPSA) is 85.3 Å². The number of methoxy groups -OCH3 is 3. The van der Waals surface area contributed by atoms with E-state index in [0.29, 0.717) is 36.6 Å². The molecule has 1 saturated heterocycles. The van der Waals surface area contributed by atoms with Crippen LogP contribution in [0.2, 0.25) is 0 Å². The number of nitrogens with zero attached hydrogens (tertiary/aromatic N) is 1. The highest BCUT2D eigenvalue weighted by Gasteiger charge is 2.46. The minimum absolute atomic E-state index is 0.0418. The summed E-state index contributed by atoms with van der Waals surface area (Å²) in [7, 11) is 4.58. The molecule has 1 unspecified atom stereocenters. The Labute approximate surface area is 181 Å². The molecule has 2 aromatic carbocycles. The lowest BCUT2D eigenvalue weighted by atomic mass is 9.92. The van der Waals surface area contributed by atoms with Gasteiger partial charge in [-0.3, -0.25) is 9.59 Å². The Hall–Kier alpha value is -3.32. The molecule has 0 bridgehead atoms. The van der Waals surface area contributed by atoms with Crippen molar-refractivity contribution in [2.24, 2.45) is 0 Å². The predicted molar refractivity (Wildman–Crippen MR) is 116 cm³/mol. The fourth-order valence-electron chi connectivity index (χ4n) is 3.85. The van der Waals surface area contributed by atoms with Gasteiger partial charge in [0, 0.05) is 26.3 Å². The molecule has 0 aromatic heterocycles. The van der Waals surface area contributed by atoms with E-state index >= 15 is 0 Å². The Kier molecular flexibility index (Phi) is 6.97. The molecule has 1 N–H and O–H groups in total. The van der Waals surface area contributed by atoms with Crippen molar-refractivity contribution >= 4 is 17.4 Å². The lowest BCUT2D eigenvalue weighted by molar-refractivity contribution is -0.140. The van der Waals surface area contributed by atoms with Crippen molar-refractivity contribution in [3.05, 3.63) is 64.7 Å². The number of rotatable bonds is 8. The van der Waals surface area contributed by atoms with Crippen LogP contribution in [0.25, 0.3) is 5.76 Å². The molecule has 1 aliphatic heterocycles. The first-order valence-corrected chi connectivity index (χ1v) is 9.99. The van der Waals surface area contributed by atoms with Crippen LogP contribution in [0.3, 0.4) is 0 Å². The number of likely N-dealkylation sites (tertiary alicyclic amines) is 1. The summed E-state index contributed by atoms with van der Waals surface area (Å²) >= 11 is 0. The predicted octanol–water partition coefficient (Wildman–Crippen LogP) is 3.47. The number of carbonyl (C=O) groups excluding carboxylic acids is 2. The fraction of sp³-hybridized carbons (Fsp3) is 0.333. The monoisotopic (exact) mass is 425 g/mol. The van der Waals surface area contributed by atoms with Gasteiger partial charge >= 0.3 is 0 Å². The van der Waals surface area contributed by atoms with E-state index in [1.54, 1.807) is 25.3 Å². The smallest absolute Gasteiger partial charge is 0.295 e. The van der Waals surface area contributed by atoms with Crippen LogP contribution in [0.1, 0.15) is 29.2 Å². The van der Waals surface area contributed by atoms with Gasteiger partial charge in [-0.1, -0.05) is 24.3 Å². The Bertz CT molecular complexity index is 1010. The molecule has 0 saturated carbocycles. The Morgan fingerprint density at radius 1 is 1.06 bits per heavy atom. The van der Waals surface area contributed by atoms with Gasteiger partial charge < -0.3 is 24.2 Å². The van der Waals surface area contributed by atoms with Crippen LogP contribution >= 0.6 is 0 Å². The molecule has 1 fully saturated rings. The number of aliphatic hydroxyl groups is 1. The van der Waals surface area contributed by atoms with E-state index in [1.165, 1.54) is 19.1 Å². The van der Waals surface area contributed by atoms with E-state index in [9.17, 15) is 14.7 Å². The number of Topliss-reactive ketones (excluding diaryl/α,β-unsaturated/α-hetero) is 1. The zero-order valence-electron chi connectivity index (χ0n) is 18.2. The van der Waals surface area contributed by atoms with Crippen LogP contribution in [0.5, 0.6) is 11.5 Å². The fourth-order valence-corrected chi connectivity index (χ4v) is 3.85. The minimum Gasteiger partial charge on any atom is -0.507 e. The van der Waals surface area contributed by atoms with Crippen LogP contribution in [0, 0.1) is 6.92 Å². The molecular formula is C24H27NO6.